The summed E-state index contributed by atoms with van der Waals surface area (Å²) in [5, 5.41) is 23.6. The van der Waals surface area contributed by atoms with Crippen LogP contribution in [0.3, 0.4) is 0 Å². The van der Waals surface area contributed by atoms with E-state index in [4.69, 9.17) is 9.47 Å². The van der Waals surface area contributed by atoms with Gasteiger partial charge in [-0.1, -0.05) is 48.2 Å². The zero-order valence-electron chi connectivity index (χ0n) is 17.2. The van der Waals surface area contributed by atoms with Crippen molar-refractivity contribution in [1.82, 2.24) is 0 Å². The summed E-state index contributed by atoms with van der Waals surface area (Å²) in [6.07, 6.45) is 4.44. The summed E-state index contributed by atoms with van der Waals surface area (Å²) in [6.45, 7) is 0. The summed E-state index contributed by atoms with van der Waals surface area (Å²) in [6, 6.07) is 10.8. The second-order valence-electron chi connectivity index (χ2n) is 5.94. The van der Waals surface area contributed by atoms with Gasteiger partial charge in [-0.3, -0.25) is 4.79 Å². The number of ketones is 1. The number of aromatic carboxylic acids is 1. The Morgan fingerprint density at radius 3 is 2.20 bits per heavy atom. The first kappa shape index (κ1) is 26.2. The molecule has 1 aliphatic carbocycles. The fraction of sp³-hybridized carbons (Fsp3) is 0.0909. The molecule has 6 nitrogen and oxygen atoms in total. The first-order valence-corrected chi connectivity index (χ1v) is 8.34. The molecule has 0 saturated carbocycles. The maximum Gasteiger partial charge on any atom is 1.00 e. The molecule has 0 unspecified atom stereocenters. The molecular weight excluding hydrogens is 406 g/mol. The Morgan fingerprint density at radius 1 is 0.933 bits per heavy atom. The Balaban J connectivity index is 0.00000225. The van der Waals surface area contributed by atoms with Crippen molar-refractivity contribution in [2.75, 3.05) is 14.2 Å². The van der Waals surface area contributed by atoms with E-state index in [-0.39, 0.29) is 87.7 Å². The molecule has 1 aliphatic rings. The van der Waals surface area contributed by atoms with E-state index in [2.05, 4.69) is 0 Å². The average Bonchev–Trinajstić information content (AvgIpc) is 2.70. The van der Waals surface area contributed by atoms with Crippen molar-refractivity contribution in [1.29, 1.82) is 0 Å². The zero-order chi connectivity index (χ0) is 20.3. The summed E-state index contributed by atoms with van der Waals surface area (Å²) in [7, 11) is 2.76. The molecule has 0 radical (unpaired) electrons. The van der Waals surface area contributed by atoms with Gasteiger partial charge in [0.1, 0.15) is 5.75 Å². The quantitative estimate of drug-likeness (QED) is 0.452. The Labute approximate surface area is 218 Å². The van der Waals surface area contributed by atoms with Crippen LogP contribution in [0.5, 0.6) is 11.5 Å². The average molecular weight is 422 g/mol. The molecular formula is C22H16Na2O6. The van der Waals surface area contributed by atoms with Gasteiger partial charge >= 0.3 is 59.1 Å². The number of carbonyl (C=O) groups is 2. The number of carboxylic acid groups (broad SMARTS) is 1. The molecule has 0 bridgehead atoms. The van der Waals surface area contributed by atoms with Gasteiger partial charge in [0.15, 0.2) is 5.76 Å². The van der Waals surface area contributed by atoms with E-state index >= 15 is 0 Å². The van der Waals surface area contributed by atoms with Gasteiger partial charge in [-0.25, -0.2) is 0 Å². The molecule has 0 spiro atoms. The summed E-state index contributed by atoms with van der Waals surface area (Å²) < 4.78 is 10.2. The number of rotatable bonds is 5. The van der Waals surface area contributed by atoms with Gasteiger partial charge in [0, 0.05) is 5.56 Å². The van der Waals surface area contributed by atoms with E-state index in [0.717, 1.165) is 0 Å². The number of ether oxygens (including phenoxy) is 2. The molecule has 0 amide bonds. The van der Waals surface area contributed by atoms with Crippen molar-refractivity contribution >= 4 is 17.3 Å². The van der Waals surface area contributed by atoms with E-state index in [1.54, 1.807) is 30.3 Å². The third-order valence-corrected chi connectivity index (χ3v) is 4.32. The number of allylic oxidation sites excluding steroid dienone is 4. The van der Waals surface area contributed by atoms with Crippen LogP contribution in [0.15, 0.2) is 72.0 Å². The van der Waals surface area contributed by atoms with Crippen LogP contribution in [-0.4, -0.2) is 26.0 Å². The third kappa shape index (κ3) is 5.46. The van der Waals surface area contributed by atoms with E-state index in [1.165, 1.54) is 44.6 Å². The van der Waals surface area contributed by atoms with Gasteiger partial charge in [0.2, 0.25) is 5.78 Å². The van der Waals surface area contributed by atoms with Gasteiger partial charge in [-0.2, -0.15) is 0 Å². The Kier molecular flexibility index (Phi) is 10.1. The largest absolute Gasteiger partial charge is 1.00 e. The van der Waals surface area contributed by atoms with E-state index < -0.39 is 5.97 Å². The van der Waals surface area contributed by atoms with Crippen molar-refractivity contribution in [2.24, 2.45) is 0 Å². The predicted octanol–water partition coefficient (Wildman–Crippen LogP) is -4.39. The van der Waals surface area contributed by atoms with Gasteiger partial charge < -0.3 is 24.5 Å². The van der Waals surface area contributed by atoms with Gasteiger partial charge in [-0.05, 0) is 40.5 Å². The molecule has 2 aromatic carbocycles. The first-order valence-electron chi connectivity index (χ1n) is 8.34. The molecule has 3 rings (SSSR count). The minimum Gasteiger partial charge on any atom is -0.870 e. The van der Waals surface area contributed by atoms with Gasteiger partial charge in [0.25, 0.3) is 0 Å². The Bertz CT molecular complexity index is 1050. The minimum absolute atomic E-state index is 0. The van der Waals surface area contributed by atoms with Crippen LogP contribution in [0, 0.1) is 0 Å². The van der Waals surface area contributed by atoms with Crippen LogP contribution in [0.4, 0.5) is 0 Å². The number of hydrogen-bond donors (Lipinski definition) is 0. The third-order valence-electron chi connectivity index (χ3n) is 4.32. The smallest absolute Gasteiger partial charge is 0.870 e. The molecule has 142 valence electrons. The van der Waals surface area contributed by atoms with Crippen LogP contribution >= 0.6 is 0 Å². The molecule has 0 saturated heterocycles. The normalized spacial score (nSPS) is 14.1. The maximum absolute atomic E-state index is 11.9. The number of benzene rings is 2. The Morgan fingerprint density at radius 2 is 1.60 bits per heavy atom. The second-order valence-corrected chi connectivity index (χ2v) is 5.94. The van der Waals surface area contributed by atoms with Crippen molar-refractivity contribution < 1.29 is 88.4 Å². The minimum atomic E-state index is -1.34. The van der Waals surface area contributed by atoms with Crippen molar-refractivity contribution in [3.8, 4) is 11.5 Å². The van der Waals surface area contributed by atoms with Crippen LogP contribution in [0.2, 0.25) is 0 Å². The fourth-order valence-corrected chi connectivity index (χ4v) is 3.00. The van der Waals surface area contributed by atoms with E-state index in [1.807, 2.05) is 0 Å². The Hall–Kier alpha value is -1.80. The van der Waals surface area contributed by atoms with E-state index in [9.17, 15) is 19.8 Å². The van der Waals surface area contributed by atoms with Crippen LogP contribution in [0.1, 0.15) is 21.5 Å². The van der Waals surface area contributed by atoms with Gasteiger partial charge in [0.05, 0.1) is 20.2 Å². The second kappa shape index (κ2) is 11.6. The van der Waals surface area contributed by atoms with Crippen molar-refractivity contribution in [3.05, 3.63) is 88.7 Å². The summed E-state index contributed by atoms with van der Waals surface area (Å²) >= 11 is 0. The molecule has 0 aliphatic heterocycles. The molecule has 2 aromatic rings. The number of carboxylic acids is 1. The molecule has 30 heavy (non-hydrogen) atoms. The molecule has 0 N–H and O–H groups in total. The predicted molar refractivity (Wildman–Crippen MR) is 98.5 cm³/mol. The summed E-state index contributed by atoms with van der Waals surface area (Å²) in [5.74, 6) is -1.70. The monoisotopic (exact) mass is 422 g/mol. The molecule has 0 fully saturated rings. The van der Waals surface area contributed by atoms with Crippen LogP contribution < -0.4 is 74.1 Å². The van der Waals surface area contributed by atoms with Crippen molar-refractivity contribution in [3.63, 3.8) is 0 Å². The molecule has 0 aromatic heterocycles. The molecule has 0 atom stereocenters. The number of hydrogen-bond acceptors (Lipinski definition) is 6. The fourth-order valence-electron chi connectivity index (χ4n) is 3.00. The summed E-state index contributed by atoms with van der Waals surface area (Å²) in [5.41, 5.74) is 1.95. The van der Waals surface area contributed by atoms with Gasteiger partial charge in [-0.15, -0.1) is 0 Å². The molecule has 0 heterocycles. The maximum atomic E-state index is 11.9. The SMILES string of the molecule is COC1=C/C(=C(\c2ccc([O-])c(OC)c2)c2ccccc2C(=O)[O-])C=CC1=O.[Na+].[Na+]. The summed E-state index contributed by atoms with van der Waals surface area (Å²) in [4.78, 5) is 23.6. The standard InChI is InChI=1S/C22H18O6.2Na/c1-27-19-11-13(7-9-17(19)23)21(14-8-10-18(24)20(12-14)28-2)15-5-3-4-6-16(15)22(25)26;;/h3-12,23H,1-2H3,(H,25,26);;/q;2*+1/p-2/b21-14+;;. The number of methoxy groups -OCH3 is 2. The van der Waals surface area contributed by atoms with Crippen LogP contribution in [-0.2, 0) is 9.53 Å². The number of carbonyl (C=O) groups excluding carboxylic acids is 2. The first-order chi connectivity index (χ1) is 13.5. The zero-order valence-corrected chi connectivity index (χ0v) is 21.2. The van der Waals surface area contributed by atoms with E-state index in [0.29, 0.717) is 22.3 Å². The van der Waals surface area contributed by atoms with Crippen LogP contribution in [0.25, 0.3) is 5.57 Å². The topological polar surface area (TPSA) is 98.7 Å². The molecule has 8 heteroatoms. The van der Waals surface area contributed by atoms with Crippen molar-refractivity contribution in [2.45, 2.75) is 0 Å².